The Morgan fingerprint density at radius 2 is 1.95 bits per heavy atom. The molecule has 8 heteroatoms. The van der Waals surface area contributed by atoms with Crippen molar-refractivity contribution in [1.82, 2.24) is 5.32 Å². The van der Waals surface area contributed by atoms with Crippen LogP contribution < -0.4 is 15.2 Å². The van der Waals surface area contributed by atoms with Crippen molar-refractivity contribution in [3.8, 4) is 5.75 Å². The Morgan fingerprint density at radius 1 is 1.30 bits per heavy atom. The molecule has 1 saturated heterocycles. The van der Waals surface area contributed by atoms with Gasteiger partial charge in [0, 0.05) is 0 Å². The van der Waals surface area contributed by atoms with Crippen LogP contribution in [0.5, 0.6) is 5.75 Å². The Labute approximate surface area is 128 Å². The maximum Gasteiger partial charge on any atom is 0.241 e. The number of alkyl halides is 2. The van der Waals surface area contributed by atoms with Gasteiger partial charge in [-0.2, -0.15) is 0 Å². The van der Waals surface area contributed by atoms with Crippen molar-refractivity contribution in [3.63, 3.8) is 0 Å². The van der Waals surface area contributed by atoms with Gasteiger partial charge in [0.15, 0.2) is 0 Å². The smallest absolute Gasteiger partial charge is 0.241 e. The van der Waals surface area contributed by atoms with Crippen LogP contribution >= 0.6 is 23.2 Å². The summed E-state index contributed by atoms with van der Waals surface area (Å²) < 4.78 is 29.1. The monoisotopic (exact) mass is 338 g/mol. The number of piperidine rings is 1. The molecule has 1 aromatic rings. The second-order valence-corrected chi connectivity index (χ2v) is 7.25. The van der Waals surface area contributed by atoms with Gasteiger partial charge in [-0.05, 0) is 43.6 Å². The first-order chi connectivity index (χ1) is 9.38. The molecule has 0 atom stereocenters. The highest BCUT2D eigenvalue weighted by Gasteiger charge is 2.21. The van der Waals surface area contributed by atoms with E-state index in [4.69, 9.17) is 33.1 Å². The number of hydrogen-bond donors (Lipinski definition) is 2. The van der Waals surface area contributed by atoms with E-state index in [-0.39, 0.29) is 16.7 Å². The van der Waals surface area contributed by atoms with Crippen molar-refractivity contribution < 1.29 is 13.2 Å². The molecular formula is C12H16Cl2N2O3S. The average Bonchev–Trinajstić information content (AvgIpc) is 2.39. The van der Waals surface area contributed by atoms with Gasteiger partial charge in [0.2, 0.25) is 10.0 Å². The van der Waals surface area contributed by atoms with E-state index in [0.717, 1.165) is 25.9 Å². The van der Waals surface area contributed by atoms with Crippen LogP contribution in [0.3, 0.4) is 0 Å². The van der Waals surface area contributed by atoms with Gasteiger partial charge in [-0.15, -0.1) is 23.2 Å². The summed E-state index contributed by atoms with van der Waals surface area (Å²) in [6, 6.07) is 4.54. The van der Waals surface area contributed by atoms with Gasteiger partial charge in [-0.25, -0.2) is 13.6 Å². The molecule has 1 aliphatic heterocycles. The molecule has 0 unspecified atom stereocenters. The lowest BCUT2D eigenvalue weighted by Gasteiger charge is -2.25. The standard InChI is InChI=1S/C12H16Cl2N2O3S/c13-12(14)8-1-2-10(11(7-8)20(15,17)18)19-9-3-5-16-6-4-9/h1-2,7,9,12,16H,3-6H2,(H2,15,17,18). The van der Waals surface area contributed by atoms with Crippen LogP contribution in [0.25, 0.3) is 0 Å². The second-order valence-electron chi connectivity index (χ2n) is 4.62. The van der Waals surface area contributed by atoms with E-state index < -0.39 is 14.9 Å². The number of sulfonamides is 1. The van der Waals surface area contributed by atoms with Gasteiger partial charge in [0.1, 0.15) is 21.6 Å². The molecule has 3 N–H and O–H groups in total. The van der Waals surface area contributed by atoms with Crippen LogP contribution in [0, 0.1) is 0 Å². The molecule has 20 heavy (non-hydrogen) atoms. The van der Waals surface area contributed by atoms with Gasteiger partial charge in [-0.1, -0.05) is 6.07 Å². The zero-order chi connectivity index (χ0) is 14.8. The molecule has 0 saturated carbocycles. The van der Waals surface area contributed by atoms with Crippen LogP contribution in [0.15, 0.2) is 23.1 Å². The summed E-state index contributed by atoms with van der Waals surface area (Å²) in [6.07, 6.45) is 1.62. The summed E-state index contributed by atoms with van der Waals surface area (Å²) in [5, 5.41) is 8.44. The highest BCUT2D eigenvalue weighted by molar-refractivity contribution is 7.89. The predicted octanol–water partition coefficient (Wildman–Crippen LogP) is 1.94. The van der Waals surface area contributed by atoms with Crippen molar-refractivity contribution in [3.05, 3.63) is 23.8 Å². The fourth-order valence-corrected chi connectivity index (χ4v) is 3.04. The number of hydrogen-bond acceptors (Lipinski definition) is 4. The van der Waals surface area contributed by atoms with Crippen molar-refractivity contribution >= 4 is 33.2 Å². The van der Waals surface area contributed by atoms with Crippen LogP contribution in [0.2, 0.25) is 0 Å². The lowest BCUT2D eigenvalue weighted by atomic mass is 10.1. The minimum absolute atomic E-state index is 0.0228. The van der Waals surface area contributed by atoms with Gasteiger partial charge in [0.25, 0.3) is 0 Å². The highest BCUT2D eigenvalue weighted by Crippen LogP contribution is 2.32. The number of nitrogens with two attached hydrogens (primary N) is 1. The zero-order valence-corrected chi connectivity index (χ0v) is 13.0. The van der Waals surface area contributed by atoms with E-state index in [1.165, 1.54) is 6.07 Å². The Bertz CT molecular complexity index is 572. The van der Waals surface area contributed by atoms with Crippen molar-refractivity contribution in [1.29, 1.82) is 0 Å². The molecule has 0 radical (unpaired) electrons. The fraction of sp³-hybridized carbons (Fsp3) is 0.500. The number of primary sulfonamides is 1. The van der Waals surface area contributed by atoms with E-state index in [0.29, 0.717) is 5.56 Å². The zero-order valence-electron chi connectivity index (χ0n) is 10.7. The van der Waals surface area contributed by atoms with Crippen LogP contribution in [0.4, 0.5) is 0 Å². The Kier molecular flexibility index (Phi) is 5.14. The van der Waals surface area contributed by atoms with Crippen molar-refractivity contribution in [2.45, 2.75) is 28.7 Å². The SMILES string of the molecule is NS(=O)(=O)c1cc(C(Cl)Cl)ccc1OC1CCNCC1. The summed E-state index contributed by atoms with van der Waals surface area (Å²) in [6.45, 7) is 1.69. The summed E-state index contributed by atoms with van der Waals surface area (Å²) in [5.74, 6) is 0.247. The Morgan fingerprint density at radius 3 is 2.50 bits per heavy atom. The van der Waals surface area contributed by atoms with E-state index in [2.05, 4.69) is 5.32 Å². The summed E-state index contributed by atoms with van der Waals surface area (Å²) in [7, 11) is -3.90. The minimum atomic E-state index is -3.90. The van der Waals surface area contributed by atoms with Crippen molar-refractivity contribution in [2.24, 2.45) is 5.14 Å². The van der Waals surface area contributed by atoms with Gasteiger partial charge < -0.3 is 10.1 Å². The minimum Gasteiger partial charge on any atom is -0.489 e. The quantitative estimate of drug-likeness (QED) is 0.822. The Balaban J connectivity index is 2.31. The van der Waals surface area contributed by atoms with Crippen LogP contribution in [0.1, 0.15) is 23.2 Å². The van der Waals surface area contributed by atoms with E-state index in [1.807, 2.05) is 0 Å². The molecule has 0 bridgehead atoms. The third-order valence-corrected chi connectivity index (χ3v) is 4.54. The molecule has 0 amide bonds. The largest absolute Gasteiger partial charge is 0.489 e. The van der Waals surface area contributed by atoms with E-state index >= 15 is 0 Å². The summed E-state index contributed by atoms with van der Waals surface area (Å²) in [4.78, 5) is -0.900. The van der Waals surface area contributed by atoms with Crippen molar-refractivity contribution in [2.75, 3.05) is 13.1 Å². The molecular weight excluding hydrogens is 323 g/mol. The fourth-order valence-electron chi connectivity index (χ4n) is 2.07. The number of rotatable bonds is 4. The first kappa shape index (κ1) is 15.9. The molecule has 1 heterocycles. The van der Waals surface area contributed by atoms with Gasteiger partial charge in [0.05, 0.1) is 0 Å². The van der Waals surface area contributed by atoms with Crippen LogP contribution in [-0.4, -0.2) is 27.6 Å². The van der Waals surface area contributed by atoms with Crippen LogP contribution in [-0.2, 0) is 10.0 Å². The molecule has 2 rings (SSSR count). The molecule has 0 aromatic heterocycles. The maximum absolute atomic E-state index is 11.7. The van der Waals surface area contributed by atoms with E-state index in [1.54, 1.807) is 12.1 Å². The number of ether oxygens (including phenoxy) is 1. The molecule has 1 fully saturated rings. The lowest BCUT2D eigenvalue weighted by molar-refractivity contribution is 0.158. The molecule has 112 valence electrons. The first-order valence-electron chi connectivity index (χ1n) is 6.20. The molecule has 0 spiro atoms. The first-order valence-corrected chi connectivity index (χ1v) is 8.62. The third-order valence-electron chi connectivity index (χ3n) is 3.11. The Hall–Kier alpha value is -0.530. The molecule has 1 aliphatic rings. The normalized spacial score (nSPS) is 17.4. The second kappa shape index (κ2) is 6.49. The average molecular weight is 339 g/mol. The predicted molar refractivity (Wildman–Crippen MR) is 78.8 cm³/mol. The van der Waals surface area contributed by atoms with Gasteiger partial charge in [-0.3, -0.25) is 0 Å². The summed E-state index contributed by atoms with van der Waals surface area (Å²) in [5.41, 5.74) is 0.468. The lowest BCUT2D eigenvalue weighted by Crippen LogP contribution is -2.34. The molecule has 5 nitrogen and oxygen atoms in total. The number of benzene rings is 1. The number of nitrogens with one attached hydrogen (secondary N) is 1. The topological polar surface area (TPSA) is 81.4 Å². The highest BCUT2D eigenvalue weighted by atomic mass is 35.5. The summed E-state index contributed by atoms with van der Waals surface area (Å²) >= 11 is 11.5. The molecule has 1 aromatic carbocycles. The molecule has 0 aliphatic carbocycles. The number of halogens is 2. The van der Waals surface area contributed by atoms with E-state index in [9.17, 15) is 8.42 Å². The maximum atomic E-state index is 11.7. The van der Waals surface area contributed by atoms with Gasteiger partial charge >= 0.3 is 0 Å². The third kappa shape index (κ3) is 3.99.